The summed E-state index contributed by atoms with van der Waals surface area (Å²) in [6.07, 6.45) is 1.92. The molecule has 0 saturated carbocycles. The molecule has 0 saturated heterocycles. The summed E-state index contributed by atoms with van der Waals surface area (Å²) >= 11 is 1.50. The Balaban J connectivity index is 2.51. The van der Waals surface area contributed by atoms with Crippen LogP contribution < -0.4 is 5.73 Å². The summed E-state index contributed by atoms with van der Waals surface area (Å²) in [4.78, 5) is 8.46. The minimum atomic E-state index is 0.189. The molecule has 2 aromatic rings. The predicted molar refractivity (Wildman–Crippen MR) is 65.3 cm³/mol. The van der Waals surface area contributed by atoms with E-state index in [1.54, 1.807) is 24.3 Å². The van der Waals surface area contributed by atoms with Crippen LogP contribution in [0.3, 0.4) is 0 Å². The zero-order valence-corrected chi connectivity index (χ0v) is 9.53. The van der Waals surface area contributed by atoms with Crippen molar-refractivity contribution in [2.45, 2.75) is 5.03 Å². The molecule has 0 radical (unpaired) electrons. The Kier molecular flexibility index (Phi) is 2.96. The number of hydrogen-bond acceptors (Lipinski definition) is 5. The molecule has 1 heterocycles. The van der Waals surface area contributed by atoms with Gasteiger partial charge >= 0.3 is 0 Å². The number of aromatic hydroxyl groups is 1. The second kappa shape index (κ2) is 4.40. The van der Waals surface area contributed by atoms with Crippen molar-refractivity contribution in [3.8, 4) is 17.1 Å². The van der Waals surface area contributed by atoms with E-state index in [2.05, 4.69) is 9.97 Å². The molecule has 0 aliphatic rings. The van der Waals surface area contributed by atoms with Crippen LogP contribution in [-0.4, -0.2) is 21.3 Å². The number of benzene rings is 1. The van der Waals surface area contributed by atoms with Crippen LogP contribution in [0.1, 0.15) is 0 Å². The monoisotopic (exact) mass is 233 g/mol. The van der Waals surface area contributed by atoms with E-state index in [0.717, 1.165) is 10.6 Å². The molecule has 0 aliphatic carbocycles. The Labute approximate surface area is 97.5 Å². The summed E-state index contributed by atoms with van der Waals surface area (Å²) in [6.45, 7) is 0. The highest BCUT2D eigenvalue weighted by Gasteiger charge is 2.05. The quantitative estimate of drug-likeness (QED) is 0.614. The van der Waals surface area contributed by atoms with E-state index in [4.69, 9.17) is 5.73 Å². The first-order valence-corrected chi connectivity index (χ1v) is 5.89. The summed E-state index contributed by atoms with van der Waals surface area (Å²) in [7, 11) is 0. The molecule has 16 heavy (non-hydrogen) atoms. The summed E-state index contributed by atoms with van der Waals surface area (Å²) in [6, 6.07) is 8.51. The first-order chi connectivity index (χ1) is 7.69. The molecule has 4 nitrogen and oxygen atoms in total. The van der Waals surface area contributed by atoms with Crippen molar-refractivity contribution in [2.24, 2.45) is 0 Å². The molecular formula is C11H11N3OS. The fraction of sp³-hybridized carbons (Fsp3) is 0.0909. The molecule has 1 aromatic heterocycles. The molecule has 5 heteroatoms. The lowest BCUT2D eigenvalue weighted by atomic mass is 10.2. The van der Waals surface area contributed by atoms with Crippen LogP contribution in [0.4, 0.5) is 5.82 Å². The first-order valence-electron chi connectivity index (χ1n) is 4.67. The van der Waals surface area contributed by atoms with Crippen LogP contribution in [0.25, 0.3) is 11.4 Å². The molecule has 2 rings (SSSR count). The van der Waals surface area contributed by atoms with Crippen molar-refractivity contribution in [1.82, 2.24) is 9.97 Å². The van der Waals surface area contributed by atoms with E-state index in [0.29, 0.717) is 11.6 Å². The van der Waals surface area contributed by atoms with E-state index in [9.17, 15) is 5.11 Å². The van der Waals surface area contributed by atoms with Crippen molar-refractivity contribution in [1.29, 1.82) is 0 Å². The molecule has 0 fully saturated rings. The van der Waals surface area contributed by atoms with Crippen molar-refractivity contribution < 1.29 is 5.11 Å². The number of phenolic OH excluding ortho intramolecular Hbond substituents is 1. The van der Waals surface area contributed by atoms with Crippen LogP contribution in [0.5, 0.6) is 5.75 Å². The molecule has 0 unspecified atom stereocenters. The number of nitrogens with two attached hydrogens (primary N) is 1. The van der Waals surface area contributed by atoms with Gasteiger partial charge < -0.3 is 10.8 Å². The van der Waals surface area contributed by atoms with Gasteiger partial charge in [-0.25, -0.2) is 9.97 Å². The average Bonchev–Trinajstić information content (AvgIpc) is 2.28. The maximum absolute atomic E-state index is 9.38. The number of nitrogen functional groups attached to an aromatic ring is 1. The van der Waals surface area contributed by atoms with Gasteiger partial charge in [-0.1, -0.05) is 12.1 Å². The highest BCUT2D eigenvalue weighted by molar-refractivity contribution is 7.98. The lowest BCUT2D eigenvalue weighted by molar-refractivity contribution is 0.475. The van der Waals surface area contributed by atoms with E-state index in [-0.39, 0.29) is 5.75 Å². The number of hydrogen-bond donors (Lipinski definition) is 2. The molecule has 3 N–H and O–H groups in total. The Bertz CT molecular complexity index is 516. The topological polar surface area (TPSA) is 72.0 Å². The van der Waals surface area contributed by atoms with Crippen molar-refractivity contribution in [2.75, 3.05) is 12.0 Å². The van der Waals surface area contributed by atoms with E-state index >= 15 is 0 Å². The van der Waals surface area contributed by atoms with Crippen molar-refractivity contribution >= 4 is 17.6 Å². The van der Waals surface area contributed by atoms with Gasteiger partial charge in [-0.3, -0.25) is 0 Å². The van der Waals surface area contributed by atoms with Crippen LogP contribution >= 0.6 is 11.8 Å². The fourth-order valence-corrected chi connectivity index (χ4v) is 1.74. The lowest BCUT2D eigenvalue weighted by Crippen LogP contribution is -1.96. The maximum atomic E-state index is 9.38. The normalized spacial score (nSPS) is 10.3. The number of thioether (sulfide) groups is 1. The minimum absolute atomic E-state index is 0.189. The standard InChI is InChI=1S/C11H11N3OS/c1-16-10-6-9(12)13-11(14-10)7-3-2-4-8(15)5-7/h2-6,15H,1H3,(H2,12,13,14). The average molecular weight is 233 g/mol. The smallest absolute Gasteiger partial charge is 0.162 e. The van der Waals surface area contributed by atoms with Crippen molar-refractivity contribution in [3.63, 3.8) is 0 Å². The van der Waals surface area contributed by atoms with Crippen LogP contribution in [-0.2, 0) is 0 Å². The van der Waals surface area contributed by atoms with Gasteiger partial charge in [-0.05, 0) is 18.4 Å². The van der Waals surface area contributed by atoms with E-state index in [1.165, 1.54) is 11.8 Å². The van der Waals surface area contributed by atoms with Gasteiger partial charge in [0.05, 0.1) is 0 Å². The van der Waals surface area contributed by atoms with Gasteiger partial charge in [0.25, 0.3) is 0 Å². The number of rotatable bonds is 2. The SMILES string of the molecule is CSc1cc(N)nc(-c2cccc(O)c2)n1. The third-order valence-electron chi connectivity index (χ3n) is 2.04. The van der Waals surface area contributed by atoms with E-state index in [1.807, 2.05) is 12.3 Å². The molecule has 0 atom stereocenters. The van der Waals surface area contributed by atoms with E-state index < -0.39 is 0 Å². The minimum Gasteiger partial charge on any atom is -0.508 e. The number of aromatic nitrogens is 2. The molecule has 0 spiro atoms. The zero-order chi connectivity index (χ0) is 11.5. The Morgan fingerprint density at radius 1 is 1.25 bits per heavy atom. The zero-order valence-electron chi connectivity index (χ0n) is 8.71. The van der Waals surface area contributed by atoms with Gasteiger partial charge in [-0.2, -0.15) is 0 Å². The molecular weight excluding hydrogens is 222 g/mol. The lowest BCUT2D eigenvalue weighted by Gasteiger charge is -2.04. The van der Waals surface area contributed by atoms with Crippen LogP contribution in [0.15, 0.2) is 35.4 Å². The predicted octanol–water partition coefficient (Wildman–Crippen LogP) is 2.15. The molecule has 0 bridgehead atoms. The Morgan fingerprint density at radius 3 is 2.75 bits per heavy atom. The third kappa shape index (κ3) is 2.25. The summed E-state index contributed by atoms with van der Waals surface area (Å²) in [5, 5.41) is 10.2. The number of anilines is 1. The van der Waals surface area contributed by atoms with Crippen LogP contribution in [0.2, 0.25) is 0 Å². The summed E-state index contributed by atoms with van der Waals surface area (Å²) in [5.74, 6) is 1.15. The molecule has 82 valence electrons. The first kappa shape index (κ1) is 10.8. The summed E-state index contributed by atoms with van der Waals surface area (Å²) in [5.41, 5.74) is 6.44. The molecule has 0 aliphatic heterocycles. The Hall–Kier alpha value is -1.75. The summed E-state index contributed by atoms with van der Waals surface area (Å²) < 4.78 is 0. The van der Waals surface area contributed by atoms with Crippen LogP contribution in [0, 0.1) is 0 Å². The number of nitrogens with zero attached hydrogens (tertiary/aromatic N) is 2. The Morgan fingerprint density at radius 2 is 2.06 bits per heavy atom. The third-order valence-corrected chi connectivity index (χ3v) is 2.66. The highest BCUT2D eigenvalue weighted by Crippen LogP contribution is 2.23. The van der Waals surface area contributed by atoms with Gasteiger partial charge in [-0.15, -0.1) is 11.8 Å². The molecule has 0 amide bonds. The molecule has 1 aromatic carbocycles. The van der Waals surface area contributed by atoms with Gasteiger partial charge in [0.15, 0.2) is 5.82 Å². The second-order valence-corrected chi connectivity index (χ2v) is 4.04. The largest absolute Gasteiger partial charge is 0.508 e. The highest BCUT2D eigenvalue weighted by atomic mass is 32.2. The van der Waals surface area contributed by atoms with Gasteiger partial charge in [0.1, 0.15) is 16.6 Å². The maximum Gasteiger partial charge on any atom is 0.162 e. The second-order valence-electron chi connectivity index (χ2n) is 3.21. The van der Waals surface area contributed by atoms with Gasteiger partial charge in [0.2, 0.25) is 0 Å². The van der Waals surface area contributed by atoms with Gasteiger partial charge in [0, 0.05) is 11.6 Å². The fourth-order valence-electron chi connectivity index (χ4n) is 1.32. The van der Waals surface area contributed by atoms with Crippen molar-refractivity contribution in [3.05, 3.63) is 30.3 Å². The number of phenols is 1.